The number of hydrogen-bond acceptors (Lipinski definition) is 6. The van der Waals surface area contributed by atoms with Gasteiger partial charge >= 0.3 is 0 Å². The quantitative estimate of drug-likeness (QED) is 0.691. The zero-order valence-corrected chi connectivity index (χ0v) is 14.9. The van der Waals surface area contributed by atoms with Crippen LogP contribution >= 0.6 is 0 Å². The van der Waals surface area contributed by atoms with Gasteiger partial charge < -0.3 is 20.1 Å². The lowest BCUT2D eigenvalue weighted by atomic mass is 9.82. The predicted octanol–water partition coefficient (Wildman–Crippen LogP) is 0.790. The predicted molar refractivity (Wildman–Crippen MR) is 85.1 cm³/mol. The van der Waals surface area contributed by atoms with Crippen molar-refractivity contribution >= 4 is 0 Å². The standard InChI is InChI=1S/C16H27F2N3O4/c1-8(2)5-10-6-21(20-19-10)12-9(3)14(13(24)11(23)7-22)25-16(4,18)15(12)17/h6,8-9,11-15,22-24H,5,7H2,1-4H3/t9-,11-,12-,13-,14-,15?,16?/m1/s1. The minimum absolute atomic E-state index is 0.333. The van der Waals surface area contributed by atoms with E-state index in [-0.39, 0.29) is 0 Å². The molecule has 25 heavy (non-hydrogen) atoms. The van der Waals surface area contributed by atoms with Crippen molar-refractivity contribution in [2.75, 3.05) is 6.61 Å². The third-order valence-electron chi connectivity index (χ3n) is 4.61. The molecule has 2 heterocycles. The van der Waals surface area contributed by atoms with Crippen molar-refractivity contribution in [3.8, 4) is 0 Å². The molecule has 0 amide bonds. The van der Waals surface area contributed by atoms with Gasteiger partial charge in [0.25, 0.3) is 0 Å². The van der Waals surface area contributed by atoms with Crippen molar-refractivity contribution in [3.63, 3.8) is 0 Å². The average Bonchev–Trinajstić information content (AvgIpc) is 2.97. The lowest BCUT2D eigenvalue weighted by Gasteiger charge is -2.46. The van der Waals surface area contributed by atoms with Crippen LogP contribution in [0.2, 0.25) is 0 Å². The Labute approximate surface area is 145 Å². The summed E-state index contributed by atoms with van der Waals surface area (Å²) in [6.45, 7) is 5.81. The van der Waals surface area contributed by atoms with E-state index in [0.717, 1.165) is 6.92 Å². The fraction of sp³-hybridized carbons (Fsp3) is 0.875. The third-order valence-corrected chi connectivity index (χ3v) is 4.61. The van der Waals surface area contributed by atoms with Crippen LogP contribution in [-0.2, 0) is 11.2 Å². The summed E-state index contributed by atoms with van der Waals surface area (Å²) in [5.74, 6) is -3.06. The molecule has 3 N–H and O–H groups in total. The number of hydrogen-bond donors (Lipinski definition) is 3. The van der Waals surface area contributed by atoms with Crippen LogP contribution in [0.1, 0.15) is 39.4 Å². The van der Waals surface area contributed by atoms with Gasteiger partial charge in [0, 0.05) is 12.1 Å². The zero-order valence-electron chi connectivity index (χ0n) is 14.9. The molecule has 1 aliphatic heterocycles. The Morgan fingerprint density at radius 3 is 2.60 bits per heavy atom. The van der Waals surface area contributed by atoms with E-state index >= 15 is 0 Å². The van der Waals surface area contributed by atoms with Gasteiger partial charge in [-0.1, -0.05) is 26.0 Å². The Bertz CT molecular complexity index is 569. The van der Waals surface area contributed by atoms with Gasteiger partial charge in [0.15, 0.2) is 6.17 Å². The van der Waals surface area contributed by atoms with Crippen LogP contribution in [0, 0.1) is 11.8 Å². The molecule has 2 unspecified atom stereocenters. The highest BCUT2D eigenvalue weighted by molar-refractivity contribution is 5.02. The molecule has 1 fully saturated rings. The zero-order chi connectivity index (χ0) is 18.9. The van der Waals surface area contributed by atoms with Gasteiger partial charge in [0.1, 0.15) is 12.2 Å². The van der Waals surface area contributed by atoms with Crippen molar-refractivity contribution in [3.05, 3.63) is 11.9 Å². The number of alkyl halides is 2. The minimum atomic E-state index is -2.68. The third kappa shape index (κ3) is 4.16. The van der Waals surface area contributed by atoms with Crippen molar-refractivity contribution in [2.24, 2.45) is 11.8 Å². The Morgan fingerprint density at radius 2 is 2.04 bits per heavy atom. The molecule has 1 saturated heterocycles. The van der Waals surface area contributed by atoms with Crippen molar-refractivity contribution < 1.29 is 28.8 Å². The molecule has 0 aromatic carbocycles. The summed E-state index contributed by atoms with van der Waals surface area (Å²) in [5.41, 5.74) is 0.661. The molecule has 1 aliphatic rings. The first-order valence-electron chi connectivity index (χ1n) is 8.47. The summed E-state index contributed by atoms with van der Waals surface area (Å²) >= 11 is 0. The van der Waals surface area contributed by atoms with E-state index in [1.54, 1.807) is 13.1 Å². The number of rotatable bonds is 6. The topological polar surface area (TPSA) is 101 Å². The number of aliphatic hydroxyl groups is 3. The van der Waals surface area contributed by atoms with E-state index in [9.17, 15) is 19.0 Å². The number of nitrogens with zero attached hydrogens (tertiary/aromatic N) is 3. The van der Waals surface area contributed by atoms with Crippen molar-refractivity contribution in [1.82, 2.24) is 15.0 Å². The van der Waals surface area contributed by atoms with Crippen LogP contribution in [0.25, 0.3) is 0 Å². The van der Waals surface area contributed by atoms with E-state index in [1.807, 2.05) is 13.8 Å². The molecule has 0 bridgehead atoms. The first kappa shape index (κ1) is 20.2. The summed E-state index contributed by atoms with van der Waals surface area (Å²) < 4.78 is 35.8. The van der Waals surface area contributed by atoms with Crippen LogP contribution in [0.4, 0.5) is 8.78 Å². The smallest absolute Gasteiger partial charge is 0.240 e. The lowest BCUT2D eigenvalue weighted by molar-refractivity contribution is -0.288. The Balaban J connectivity index is 2.32. The van der Waals surface area contributed by atoms with Crippen LogP contribution in [0.5, 0.6) is 0 Å². The highest BCUT2D eigenvalue weighted by Crippen LogP contribution is 2.43. The SMILES string of the molecule is CC(C)Cc1cn([C@H]2C(F)C(C)(F)O[C@@H]([C@H](O)[C@H](O)CO)[C@@H]2C)nn1. The van der Waals surface area contributed by atoms with Gasteiger partial charge in [0.2, 0.25) is 5.85 Å². The van der Waals surface area contributed by atoms with Crippen molar-refractivity contribution in [1.29, 1.82) is 0 Å². The van der Waals surface area contributed by atoms with E-state index < -0.39 is 48.9 Å². The Morgan fingerprint density at radius 1 is 1.40 bits per heavy atom. The molecule has 7 atom stereocenters. The van der Waals surface area contributed by atoms with E-state index in [0.29, 0.717) is 18.0 Å². The maximum atomic E-state index is 14.8. The molecule has 9 heteroatoms. The minimum Gasteiger partial charge on any atom is -0.394 e. The number of aliphatic hydroxyl groups excluding tert-OH is 3. The molecule has 144 valence electrons. The largest absolute Gasteiger partial charge is 0.394 e. The summed E-state index contributed by atoms with van der Waals surface area (Å²) in [6.07, 6.45) is -4.12. The van der Waals surface area contributed by atoms with Crippen LogP contribution in [-0.4, -0.2) is 67.3 Å². The van der Waals surface area contributed by atoms with Gasteiger partial charge in [-0.2, -0.15) is 0 Å². The second kappa shape index (κ2) is 7.61. The summed E-state index contributed by atoms with van der Waals surface area (Å²) in [7, 11) is 0. The molecule has 0 spiro atoms. The number of aromatic nitrogens is 3. The highest BCUT2D eigenvalue weighted by Gasteiger charge is 2.55. The lowest BCUT2D eigenvalue weighted by Crippen LogP contribution is -2.59. The normalized spacial score (nSPS) is 35.8. The second-order valence-corrected chi connectivity index (χ2v) is 7.35. The van der Waals surface area contributed by atoms with Crippen LogP contribution in [0.3, 0.4) is 0 Å². The second-order valence-electron chi connectivity index (χ2n) is 7.35. The monoisotopic (exact) mass is 363 g/mol. The van der Waals surface area contributed by atoms with Crippen molar-refractivity contribution in [2.45, 2.75) is 70.5 Å². The van der Waals surface area contributed by atoms with E-state index in [2.05, 4.69) is 10.3 Å². The van der Waals surface area contributed by atoms with Crippen LogP contribution in [0.15, 0.2) is 6.20 Å². The maximum Gasteiger partial charge on any atom is 0.240 e. The first-order valence-corrected chi connectivity index (χ1v) is 8.47. The van der Waals surface area contributed by atoms with Gasteiger partial charge in [-0.3, -0.25) is 0 Å². The molecule has 1 aromatic rings. The summed E-state index contributed by atoms with van der Waals surface area (Å²) in [5, 5.41) is 36.8. The molecule has 2 rings (SSSR count). The maximum absolute atomic E-state index is 14.8. The summed E-state index contributed by atoms with van der Waals surface area (Å²) in [6, 6.07) is -1.07. The van der Waals surface area contributed by atoms with Gasteiger partial charge in [-0.25, -0.2) is 13.5 Å². The molecule has 1 aromatic heterocycles. The molecule has 0 saturated carbocycles. The Hall–Kier alpha value is -1.16. The van der Waals surface area contributed by atoms with Gasteiger partial charge in [-0.05, 0) is 19.3 Å². The fourth-order valence-corrected chi connectivity index (χ4v) is 3.26. The first-order chi connectivity index (χ1) is 11.6. The van der Waals surface area contributed by atoms with Gasteiger partial charge in [-0.15, -0.1) is 5.10 Å². The molecule has 0 radical (unpaired) electrons. The molecular weight excluding hydrogens is 336 g/mol. The van der Waals surface area contributed by atoms with Crippen LogP contribution < -0.4 is 0 Å². The number of halogens is 2. The summed E-state index contributed by atoms with van der Waals surface area (Å²) in [4.78, 5) is 0. The Kier molecular flexibility index (Phi) is 6.13. The molecule has 7 nitrogen and oxygen atoms in total. The number of ether oxygens (including phenoxy) is 1. The molecule has 0 aliphatic carbocycles. The average molecular weight is 363 g/mol. The molecular formula is C16H27F2N3O4. The fourth-order valence-electron chi connectivity index (χ4n) is 3.26. The van der Waals surface area contributed by atoms with E-state index in [4.69, 9.17) is 9.84 Å². The van der Waals surface area contributed by atoms with Gasteiger partial charge in [0.05, 0.1) is 24.4 Å². The highest BCUT2D eigenvalue weighted by atomic mass is 19.2. The van der Waals surface area contributed by atoms with E-state index in [1.165, 1.54) is 4.68 Å².